The van der Waals surface area contributed by atoms with Crippen molar-refractivity contribution in [2.24, 2.45) is 0 Å². The Kier molecular flexibility index (Phi) is 7.32. The molecule has 1 heterocycles. The first-order valence-corrected chi connectivity index (χ1v) is 7.05. The highest BCUT2D eigenvalue weighted by molar-refractivity contribution is 5.02. The number of nitriles is 1. The fourth-order valence-electron chi connectivity index (χ4n) is 2.24. The second-order valence-corrected chi connectivity index (χ2v) is 5.46. The first-order chi connectivity index (χ1) is 9.10. The summed E-state index contributed by atoms with van der Waals surface area (Å²) in [6.07, 6.45) is 1.06. The van der Waals surface area contributed by atoms with Gasteiger partial charge in [-0.15, -0.1) is 0 Å². The molecule has 0 amide bonds. The molecule has 110 valence electrons. The molecule has 0 bridgehead atoms. The lowest BCUT2D eigenvalue weighted by atomic mass is 10.0. The van der Waals surface area contributed by atoms with Crippen LogP contribution in [0.3, 0.4) is 0 Å². The lowest BCUT2D eigenvalue weighted by Gasteiger charge is -2.40. The van der Waals surface area contributed by atoms with Crippen molar-refractivity contribution in [3.05, 3.63) is 0 Å². The molecule has 0 N–H and O–H groups in total. The normalized spacial score (nSPS) is 18.4. The quantitative estimate of drug-likeness (QED) is 0.614. The van der Waals surface area contributed by atoms with E-state index in [1.165, 1.54) is 0 Å². The average Bonchev–Trinajstić information content (AvgIpc) is 2.43. The Hall–Kier alpha value is -0.670. The van der Waals surface area contributed by atoms with Gasteiger partial charge in [0.25, 0.3) is 0 Å². The summed E-state index contributed by atoms with van der Waals surface area (Å²) in [5, 5.41) is 9.12. The summed E-state index contributed by atoms with van der Waals surface area (Å²) in [5.74, 6) is 0. The molecule has 0 aliphatic carbocycles. The molecule has 0 saturated carbocycles. The van der Waals surface area contributed by atoms with Crippen LogP contribution < -0.4 is 0 Å². The van der Waals surface area contributed by atoms with Gasteiger partial charge in [-0.25, -0.2) is 0 Å². The number of hydrogen-bond donors (Lipinski definition) is 0. The maximum atomic E-state index is 9.12. The third-order valence-corrected chi connectivity index (χ3v) is 3.63. The standard InChI is InChI=1S/C14H27N3O2/c1-14(2,13-15)17-8-6-16(7-9-17)5-4-10-19-12-11-18-3/h4-12H2,1-3H3. The Morgan fingerprint density at radius 3 is 2.37 bits per heavy atom. The molecule has 0 spiro atoms. The highest BCUT2D eigenvalue weighted by Crippen LogP contribution is 2.15. The van der Waals surface area contributed by atoms with Gasteiger partial charge in [0.05, 0.1) is 19.3 Å². The van der Waals surface area contributed by atoms with E-state index >= 15 is 0 Å². The summed E-state index contributed by atoms with van der Waals surface area (Å²) >= 11 is 0. The molecule has 0 atom stereocenters. The van der Waals surface area contributed by atoms with E-state index in [0.717, 1.165) is 45.8 Å². The van der Waals surface area contributed by atoms with Gasteiger partial charge in [0.2, 0.25) is 0 Å². The first-order valence-electron chi connectivity index (χ1n) is 7.05. The summed E-state index contributed by atoms with van der Waals surface area (Å²) in [6, 6.07) is 2.37. The summed E-state index contributed by atoms with van der Waals surface area (Å²) in [7, 11) is 1.69. The van der Waals surface area contributed by atoms with Gasteiger partial charge in [0.15, 0.2) is 0 Å². The zero-order valence-corrected chi connectivity index (χ0v) is 12.5. The zero-order valence-electron chi connectivity index (χ0n) is 12.5. The highest BCUT2D eigenvalue weighted by atomic mass is 16.5. The molecule has 0 aromatic rings. The van der Waals surface area contributed by atoms with E-state index in [1.54, 1.807) is 7.11 Å². The maximum absolute atomic E-state index is 9.12. The molecule has 0 aromatic heterocycles. The average molecular weight is 269 g/mol. The van der Waals surface area contributed by atoms with Crippen LogP contribution in [0.2, 0.25) is 0 Å². The van der Waals surface area contributed by atoms with E-state index in [1.807, 2.05) is 13.8 Å². The summed E-state index contributed by atoms with van der Waals surface area (Å²) in [5.41, 5.74) is -0.338. The minimum absolute atomic E-state index is 0.338. The number of nitrogens with zero attached hydrogens (tertiary/aromatic N) is 3. The largest absolute Gasteiger partial charge is 0.382 e. The van der Waals surface area contributed by atoms with E-state index in [4.69, 9.17) is 14.7 Å². The van der Waals surface area contributed by atoms with E-state index in [0.29, 0.717) is 13.2 Å². The first kappa shape index (κ1) is 16.4. The van der Waals surface area contributed by atoms with Gasteiger partial charge in [-0.2, -0.15) is 5.26 Å². The van der Waals surface area contributed by atoms with Crippen molar-refractivity contribution in [1.82, 2.24) is 9.80 Å². The number of ether oxygens (including phenoxy) is 2. The van der Waals surface area contributed by atoms with Crippen molar-refractivity contribution in [3.63, 3.8) is 0 Å². The molecule has 19 heavy (non-hydrogen) atoms. The molecule has 1 aliphatic rings. The minimum atomic E-state index is -0.338. The lowest BCUT2D eigenvalue weighted by Crippen LogP contribution is -2.54. The Bertz CT molecular complexity index is 281. The van der Waals surface area contributed by atoms with Crippen molar-refractivity contribution in [2.75, 3.05) is 59.7 Å². The van der Waals surface area contributed by atoms with Crippen LogP contribution in [0.4, 0.5) is 0 Å². The van der Waals surface area contributed by atoms with Gasteiger partial charge in [-0.3, -0.25) is 4.90 Å². The van der Waals surface area contributed by atoms with Crippen molar-refractivity contribution >= 4 is 0 Å². The van der Waals surface area contributed by atoms with Gasteiger partial charge in [0, 0.05) is 46.4 Å². The Labute approximate surface area is 117 Å². The van der Waals surface area contributed by atoms with E-state index < -0.39 is 0 Å². The van der Waals surface area contributed by atoms with Crippen molar-refractivity contribution in [2.45, 2.75) is 25.8 Å². The molecular weight excluding hydrogens is 242 g/mol. The van der Waals surface area contributed by atoms with Gasteiger partial charge < -0.3 is 14.4 Å². The predicted octanol–water partition coefficient (Wildman–Crippen LogP) is 0.959. The molecule has 0 unspecified atom stereocenters. The SMILES string of the molecule is COCCOCCCN1CCN(C(C)(C)C#N)CC1. The Morgan fingerprint density at radius 1 is 1.11 bits per heavy atom. The van der Waals surface area contributed by atoms with Crippen LogP contribution in [0, 0.1) is 11.3 Å². The van der Waals surface area contributed by atoms with Crippen LogP contribution in [0.1, 0.15) is 20.3 Å². The number of rotatable bonds is 8. The monoisotopic (exact) mass is 269 g/mol. The fraction of sp³-hybridized carbons (Fsp3) is 0.929. The van der Waals surface area contributed by atoms with Gasteiger partial charge >= 0.3 is 0 Å². The van der Waals surface area contributed by atoms with E-state index in [2.05, 4.69) is 15.9 Å². The fourth-order valence-corrected chi connectivity index (χ4v) is 2.24. The lowest BCUT2D eigenvalue weighted by molar-refractivity contribution is 0.0529. The van der Waals surface area contributed by atoms with Gasteiger partial charge in [0.1, 0.15) is 5.54 Å². The number of piperazine rings is 1. The van der Waals surface area contributed by atoms with Crippen LogP contribution in [0.5, 0.6) is 0 Å². The van der Waals surface area contributed by atoms with E-state index in [-0.39, 0.29) is 5.54 Å². The van der Waals surface area contributed by atoms with Crippen molar-refractivity contribution < 1.29 is 9.47 Å². The predicted molar refractivity (Wildman–Crippen MR) is 75.0 cm³/mol. The minimum Gasteiger partial charge on any atom is -0.382 e. The van der Waals surface area contributed by atoms with Crippen molar-refractivity contribution in [3.8, 4) is 6.07 Å². The van der Waals surface area contributed by atoms with Crippen LogP contribution in [0.15, 0.2) is 0 Å². The van der Waals surface area contributed by atoms with Crippen LogP contribution in [-0.4, -0.2) is 75.0 Å². The summed E-state index contributed by atoms with van der Waals surface area (Å²) < 4.78 is 10.4. The van der Waals surface area contributed by atoms with E-state index in [9.17, 15) is 0 Å². The molecule has 1 aliphatic heterocycles. The van der Waals surface area contributed by atoms with Gasteiger partial charge in [-0.1, -0.05) is 0 Å². The summed E-state index contributed by atoms with van der Waals surface area (Å²) in [4.78, 5) is 4.71. The molecule has 0 radical (unpaired) electrons. The van der Waals surface area contributed by atoms with Crippen LogP contribution in [0.25, 0.3) is 0 Å². The maximum Gasteiger partial charge on any atom is 0.103 e. The third kappa shape index (κ3) is 5.87. The molecule has 1 rings (SSSR count). The number of hydrogen-bond acceptors (Lipinski definition) is 5. The summed E-state index contributed by atoms with van der Waals surface area (Å²) in [6.45, 7) is 11.3. The molecular formula is C14H27N3O2. The molecule has 5 nitrogen and oxygen atoms in total. The number of methoxy groups -OCH3 is 1. The van der Waals surface area contributed by atoms with Crippen LogP contribution in [-0.2, 0) is 9.47 Å². The Balaban J connectivity index is 2.09. The molecule has 0 aromatic carbocycles. The Morgan fingerprint density at radius 2 is 1.79 bits per heavy atom. The molecule has 5 heteroatoms. The van der Waals surface area contributed by atoms with Gasteiger partial charge in [-0.05, 0) is 20.3 Å². The second kappa shape index (κ2) is 8.49. The van der Waals surface area contributed by atoms with Crippen LogP contribution >= 0.6 is 0 Å². The topological polar surface area (TPSA) is 48.7 Å². The highest BCUT2D eigenvalue weighted by Gasteiger charge is 2.29. The molecule has 1 fully saturated rings. The zero-order chi connectivity index (χ0) is 14.1. The third-order valence-electron chi connectivity index (χ3n) is 3.63. The smallest absolute Gasteiger partial charge is 0.103 e. The second-order valence-electron chi connectivity index (χ2n) is 5.46. The molecule has 1 saturated heterocycles. The van der Waals surface area contributed by atoms with Crippen molar-refractivity contribution in [1.29, 1.82) is 5.26 Å².